The van der Waals surface area contributed by atoms with Crippen LogP contribution in [0.4, 0.5) is 18.9 Å². The van der Waals surface area contributed by atoms with Gasteiger partial charge in [0.25, 0.3) is 0 Å². The molecule has 1 aromatic carbocycles. The minimum atomic E-state index is -4.52. The van der Waals surface area contributed by atoms with Crippen molar-refractivity contribution in [3.63, 3.8) is 0 Å². The minimum absolute atomic E-state index is 0.144. The zero-order valence-electron chi connectivity index (χ0n) is 9.66. The van der Waals surface area contributed by atoms with Crippen LogP contribution in [0.3, 0.4) is 0 Å². The molecule has 0 aliphatic carbocycles. The molecule has 0 saturated carbocycles. The third kappa shape index (κ3) is 3.33. The lowest BCUT2D eigenvalue weighted by atomic mass is 10.1. The molecule has 1 aromatic rings. The molecule has 0 aromatic heterocycles. The van der Waals surface area contributed by atoms with Crippen molar-refractivity contribution in [2.75, 3.05) is 25.1 Å². The number of benzene rings is 1. The van der Waals surface area contributed by atoms with E-state index in [1.165, 1.54) is 17.0 Å². The van der Waals surface area contributed by atoms with Crippen LogP contribution < -0.4 is 10.6 Å². The average Bonchev–Trinajstić information content (AvgIpc) is 2.27. The van der Waals surface area contributed by atoms with Crippen molar-refractivity contribution >= 4 is 22.9 Å². The van der Waals surface area contributed by atoms with Crippen LogP contribution in [0.1, 0.15) is 11.1 Å². The first-order chi connectivity index (χ1) is 8.27. The van der Waals surface area contributed by atoms with Crippen molar-refractivity contribution in [2.24, 2.45) is 5.73 Å². The van der Waals surface area contributed by atoms with E-state index in [2.05, 4.69) is 12.2 Å². The van der Waals surface area contributed by atoms with E-state index >= 15 is 0 Å². The molecule has 0 atom stereocenters. The summed E-state index contributed by atoms with van der Waals surface area (Å²) in [4.78, 5) is 1.22. The maximum Gasteiger partial charge on any atom is 0.417 e. The van der Waals surface area contributed by atoms with E-state index in [-0.39, 0.29) is 23.7 Å². The SMILES string of the molecule is CN(CCO)c1ccc(C(N)=S)c(C(F)(F)F)c1. The van der Waals surface area contributed by atoms with E-state index in [0.29, 0.717) is 5.69 Å². The second kappa shape index (κ2) is 5.53. The molecule has 0 amide bonds. The van der Waals surface area contributed by atoms with Gasteiger partial charge in [-0.05, 0) is 18.2 Å². The standard InChI is InChI=1S/C11H13F3N2OS/c1-16(4-5-17)7-2-3-8(10(15)18)9(6-7)11(12,13)14/h2-3,6,17H,4-5H2,1H3,(H2,15,18). The molecule has 0 bridgehead atoms. The van der Waals surface area contributed by atoms with Gasteiger partial charge >= 0.3 is 6.18 Å². The topological polar surface area (TPSA) is 49.5 Å². The number of halogens is 3. The van der Waals surface area contributed by atoms with Crippen molar-refractivity contribution in [1.29, 1.82) is 0 Å². The highest BCUT2D eigenvalue weighted by Crippen LogP contribution is 2.34. The normalized spacial score (nSPS) is 11.4. The third-order valence-electron chi connectivity index (χ3n) is 2.45. The van der Waals surface area contributed by atoms with Crippen LogP contribution in [-0.2, 0) is 6.18 Å². The Balaban J connectivity index is 3.26. The average molecular weight is 278 g/mol. The van der Waals surface area contributed by atoms with Crippen molar-refractivity contribution < 1.29 is 18.3 Å². The van der Waals surface area contributed by atoms with Crippen LogP contribution in [0.2, 0.25) is 0 Å². The summed E-state index contributed by atoms with van der Waals surface area (Å²) >= 11 is 4.60. The Hall–Kier alpha value is -1.34. The summed E-state index contributed by atoms with van der Waals surface area (Å²) in [6.07, 6.45) is -4.52. The highest BCUT2D eigenvalue weighted by molar-refractivity contribution is 7.80. The number of hydrogen-bond acceptors (Lipinski definition) is 3. The zero-order chi connectivity index (χ0) is 13.9. The van der Waals surface area contributed by atoms with Gasteiger partial charge < -0.3 is 15.7 Å². The first kappa shape index (κ1) is 14.7. The van der Waals surface area contributed by atoms with Gasteiger partial charge in [0.2, 0.25) is 0 Å². The number of nitrogens with two attached hydrogens (primary N) is 1. The summed E-state index contributed by atoms with van der Waals surface area (Å²) in [6.45, 7) is 0.0959. The van der Waals surface area contributed by atoms with Gasteiger partial charge in [0.1, 0.15) is 4.99 Å². The lowest BCUT2D eigenvalue weighted by molar-refractivity contribution is -0.137. The number of rotatable bonds is 4. The number of likely N-dealkylation sites (N-methyl/N-ethyl adjacent to an activating group) is 1. The minimum Gasteiger partial charge on any atom is -0.395 e. The molecule has 18 heavy (non-hydrogen) atoms. The van der Waals surface area contributed by atoms with Crippen molar-refractivity contribution in [3.8, 4) is 0 Å². The predicted molar refractivity (Wildman–Crippen MR) is 67.7 cm³/mol. The van der Waals surface area contributed by atoms with E-state index in [0.717, 1.165) is 6.07 Å². The molecule has 7 heteroatoms. The molecule has 0 fully saturated rings. The summed E-state index contributed by atoms with van der Waals surface area (Å²) in [5.74, 6) is 0. The molecule has 1 rings (SSSR count). The summed E-state index contributed by atoms with van der Waals surface area (Å²) in [7, 11) is 1.59. The van der Waals surface area contributed by atoms with Gasteiger partial charge in [0.15, 0.2) is 0 Å². The van der Waals surface area contributed by atoms with Gasteiger partial charge in [-0.15, -0.1) is 0 Å². The largest absolute Gasteiger partial charge is 0.417 e. The maximum absolute atomic E-state index is 12.9. The first-order valence-corrected chi connectivity index (χ1v) is 5.51. The van der Waals surface area contributed by atoms with Crippen LogP contribution in [0.15, 0.2) is 18.2 Å². The van der Waals surface area contributed by atoms with E-state index in [1.54, 1.807) is 7.05 Å². The lowest BCUT2D eigenvalue weighted by Crippen LogP contribution is -2.23. The Morgan fingerprint density at radius 2 is 2.06 bits per heavy atom. The van der Waals surface area contributed by atoms with E-state index in [1.807, 2.05) is 0 Å². The fourth-order valence-electron chi connectivity index (χ4n) is 1.50. The fourth-order valence-corrected chi connectivity index (χ4v) is 1.68. The number of aliphatic hydroxyl groups excluding tert-OH is 1. The van der Waals surface area contributed by atoms with Gasteiger partial charge in [-0.3, -0.25) is 0 Å². The van der Waals surface area contributed by atoms with Gasteiger partial charge in [0, 0.05) is 24.8 Å². The number of hydrogen-bond donors (Lipinski definition) is 2. The molecule has 0 radical (unpaired) electrons. The van der Waals surface area contributed by atoms with Crippen LogP contribution in [0.25, 0.3) is 0 Å². The van der Waals surface area contributed by atoms with Crippen LogP contribution >= 0.6 is 12.2 Å². The third-order valence-corrected chi connectivity index (χ3v) is 2.67. The molecule has 0 aliphatic rings. The van der Waals surface area contributed by atoms with Crippen molar-refractivity contribution in [2.45, 2.75) is 6.18 Å². The summed E-state index contributed by atoms with van der Waals surface area (Å²) < 4.78 is 38.6. The van der Waals surface area contributed by atoms with Crippen LogP contribution in [0.5, 0.6) is 0 Å². The summed E-state index contributed by atoms with van der Waals surface area (Å²) in [5.41, 5.74) is 4.56. The number of anilines is 1. The second-order valence-electron chi connectivity index (χ2n) is 3.74. The van der Waals surface area contributed by atoms with Crippen LogP contribution in [-0.4, -0.2) is 30.3 Å². The molecule has 3 nitrogen and oxygen atoms in total. The molecule has 0 saturated heterocycles. The Labute approximate surface area is 108 Å². The van der Waals surface area contributed by atoms with E-state index in [4.69, 9.17) is 10.8 Å². The predicted octanol–water partition coefficient (Wildman–Crippen LogP) is 1.77. The highest BCUT2D eigenvalue weighted by Gasteiger charge is 2.34. The Kier molecular flexibility index (Phi) is 4.53. The second-order valence-corrected chi connectivity index (χ2v) is 4.18. The number of nitrogens with zero attached hydrogens (tertiary/aromatic N) is 1. The fraction of sp³-hybridized carbons (Fsp3) is 0.364. The van der Waals surface area contributed by atoms with E-state index in [9.17, 15) is 13.2 Å². The molecular weight excluding hydrogens is 265 g/mol. The highest BCUT2D eigenvalue weighted by atomic mass is 32.1. The number of thiocarbonyl (C=S) groups is 1. The molecule has 100 valence electrons. The summed E-state index contributed by atoms with van der Waals surface area (Å²) in [5, 5.41) is 8.77. The molecule has 0 unspecified atom stereocenters. The van der Waals surface area contributed by atoms with Gasteiger partial charge in [-0.25, -0.2) is 0 Å². The number of alkyl halides is 3. The van der Waals surface area contributed by atoms with Gasteiger partial charge in [-0.1, -0.05) is 12.2 Å². The monoisotopic (exact) mass is 278 g/mol. The number of aliphatic hydroxyl groups is 1. The smallest absolute Gasteiger partial charge is 0.395 e. The van der Waals surface area contributed by atoms with E-state index < -0.39 is 11.7 Å². The molecule has 3 N–H and O–H groups in total. The molecule has 0 spiro atoms. The Morgan fingerprint density at radius 1 is 1.44 bits per heavy atom. The van der Waals surface area contributed by atoms with Crippen molar-refractivity contribution in [3.05, 3.63) is 29.3 Å². The quantitative estimate of drug-likeness (QED) is 0.824. The molecule has 0 aliphatic heterocycles. The lowest BCUT2D eigenvalue weighted by Gasteiger charge is -2.21. The zero-order valence-corrected chi connectivity index (χ0v) is 10.5. The summed E-state index contributed by atoms with van der Waals surface area (Å²) in [6, 6.07) is 3.71. The Morgan fingerprint density at radius 3 is 2.50 bits per heavy atom. The Bertz CT molecular complexity index is 448. The molecule has 0 heterocycles. The van der Waals surface area contributed by atoms with Gasteiger partial charge in [0.05, 0.1) is 12.2 Å². The maximum atomic E-state index is 12.9. The molecular formula is C11H13F3N2OS. The first-order valence-electron chi connectivity index (χ1n) is 5.10. The van der Waals surface area contributed by atoms with Gasteiger partial charge in [-0.2, -0.15) is 13.2 Å². The van der Waals surface area contributed by atoms with Crippen LogP contribution in [0, 0.1) is 0 Å². The van der Waals surface area contributed by atoms with Crippen molar-refractivity contribution in [1.82, 2.24) is 0 Å².